The number of para-hydroxylation sites is 4. The van der Waals surface area contributed by atoms with E-state index in [1.165, 1.54) is 55.9 Å². The third kappa shape index (κ3) is 16.8. The summed E-state index contributed by atoms with van der Waals surface area (Å²) >= 11 is 0. The molecular weight excluding hydrogens is 905 g/mol. The largest absolute Gasteiger partial charge is 0.491 e. The van der Waals surface area contributed by atoms with E-state index in [1.807, 2.05) is 86.6 Å². The molecule has 0 aliphatic carbocycles. The van der Waals surface area contributed by atoms with Crippen LogP contribution in [0.25, 0.3) is 11.1 Å². The molecule has 0 aromatic heterocycles. The number of benzene rings is 8. The van der Waals surface area contributed by atoms with Crippen molar-refractivity contribution in [3.63, 3.8) is 0 Å². The molecule has 73 heavy (non-hydrogen) atoms. The molecule has 0 radical (unpaired) electrons. The number of aryl methyl sites for hydroxylation is 2. The zero-order valence-corrected chi connectivity index (χ0v) is 42.2. The standard InChI is InChI=1S/C29H26N2O2.C15H16.2C9H10O2.C2H6.CH4/c1-3-7-26(8-4-1)30-18-24-16-22(11-13-28(24)32-20-30)15-23-12-14-29-25(17-23)19-31(21-33-29)27-9-5-2-6-10-27;1-3-13-6-10-15(11-7-13)14-8-4-12(2)5-9-14;2*1-2-4-8(5-3-1)10-6-9-7-11-9;1-2;/h1-14,16-17H,15,18-21H2;4-11H,3H2,1-2H3;2*1-5,9H,6-7H2;1-2H3;1H4. The van der Waals surface area contributed by atoms with Crippen LogP contribution in [-0.2, 0) is 35.4 Å². The average molecular weight is 977 g/mol. The van der Waals surface area contributed by atoms with Crippen LogP contribution in [-0.4, -0.2) is 52.1 Å². The first kappa shape index (κ1) is 53.3. The second-order valence-electron chi connectivity index (χ2n) is 17.8. The van der Waals surface area contributed by atoms with Crippen LogP contribution in [0.3, 0.4) is 0 Å². The number of anilines is 2. The summed E-state index contributed by atoms with van der Waals surface area (Å²) < 4.78 is 32.9. The zero-order chi connectivity index (χ0) is 49.7. The Kier molecular flexibility index (Phi) is 20.4. The van der Waals surface area contributed by atoms with E-state index >= 15 is 0 Å². The van der Waals surface area contributed by atoms with Crippen LogP contribution in [0, 0.1) is 6.92 Å². The van der Waals surface area contributed by atoms with E-state index in [1.54, 1.807) is 0 Å². The maximum Gasteiger partial charge on any atom is 0.161 e. The van der Waals surface area contributed by atoms with Crippen molar-refractivity contribution < 1.29 is 28.4 Å². The van der Waals surface area contributed by atoms with Gasteiger partial charge in [0, 0.05) is 35.6 Å². The van der Waals surface area contributed by atoms with Gasteiger partial charge in [-0.1, -0.05) is 167 Å². The van der Waals surface area contributed by atoms with Gasteiger partial charge in [0.15, 0.2) is 13.5 Å². The Bertz CT molecular complexity index is 2650. The van der Waals surface area contributed by atoms with E-state index in [0.717, 1.165) is 62.1 Å². The summed E-state index contributed by atoms with van der Waals surface area (Å²) in [6.45, 7) is 14.3. The zero-order valence-electron chi connectivity index (χ0n) is 42.2. The first-order valence-corrected chi connectivity index (χ1v) is 25.4. The minimum absolute atomic E-state index is 0. The number of rotatable bonds is 12. The van der Waals surface area contributed by atoms with Crippen molar-refractivity contribution >= 4 is 11.4 Å². The van der Waals surface area contributed by atoms with E-state index in [4.69, 9.17) is 28.4 Å². The summed E-state index contributed by atoms with van der Waals surface area (Å²) in [6.07, 6.45) is 2.68. The van der Waals surface area contributed by atoms with Gasteiger partial charge in [0.05, 0.1) is 13.2 Å². The molecule has 2 saturated heterocycles. The lowest BCUT2D eigenvalue weighted by atomic mass is 9.99. The normalized spacial score (nSPS) is 15.2. The number of fused-ring (bicyclic) bond motifs is 2. The van der Waals surface area contributed by atoms with Gasteiger partial charge >= 0.3 is 0 Å². The molecule has 4 aliphatic heterocycles. The van der Waals surface area contributed by atoms with Crippen molar-refractivity contribution in [3.05, 3.63) is 240 Å². The highest BCUT2D eigenvalue weighted by Gasteiger charge is 2.24. The highest BCUT2D eigenvalue weighted by molar-refractivity contribution is 5.64. The summed E-state index contributed by atoms with van der Waals surface area (Å²) in [4.78, 5) is 4.53. The Morgan fingerprint density at radius 3 is 1.22 bits per heavy atom. The third-order valence-electron chi connectivity index (χ3n) is 12.3. The van der Waals surface area contributed by atoms with Crippen LogP contribution in [0.15, 0.2) is 206 Å². The molecule has 2 atom stereocenters. The van der Waals surface area contributed by atoms with Gasteiger partial charge in [-0.3, -0.25) is 0 Å². The Morgan fingerprint density at radius 2 is 0.836 bits per heavy atom. The monoisotopic (exact) mass is 977 g/mol. The maximum atomic E-state index is 6.03. The van der Waals surface area contributed by atoms with Crippen LogP contribution >= 0.6 is 0 Å². The Balaban J connectivity index is 0.000000161. The lowest BCUT2D eigenvalue weighted by molar-refractivity contribution is 0.263. The second-order valence-corrected chi connectivity index (χ2v) is 17.8. The van der Waals surface area contributed by atoms with Crippen molar-refractivity contribution in [2.24, 2.45) is 0 Å². The van der Waals surface area contributed by atoms with Crippen molar-refractivity contribution in [1.82, 2.24) is 0 Å². The number of hydrogen-bond acceptors (Lipinski definition) is 8. The molecule has 378 valence electrons. The predicted molar refractivity (Wildman–Crippen MR) is 299 cm³/mol. The van der Waals surface area contributed by atoms with Crippen molar-refractivity contribution in [3.8, 4) is 34.1 Å². The average Bonchev–Trinajstić information content (AvgIpc) is 4.42. The fourth-order valence-electron chi connectivity index (χ4n) is 8.08. The fourth-order valence-corrected chi connectivity index (χ4v) is 8.08. The lowest BCUT2D eigenvalue weighted by Gasteiger charge is -2.31. The van der Waals surface area contributed by atoms with Gasteiger partial charge in [0.1, 0.15) is 48.4 Å². The molecule has 4 aliphatic rings. The molecule has 0 bridgehead atoms. The van der Waals surface area contributed by atoms with E-state index in [2.05, 4.69) is 157 Å². The van der Waals surface area contributed by atoms with E-state index in [0.29, 0.717) is 38.9 Å². The number of epoxide rings is 2. The predicted octanol–water partition coefficient (Wildman–Crippen LogP) is 14.8. The number of hydrogen-bond donors (Lipinski definition) is 0. The van der Waals surface area contributed by atoms with Gasteiger partial charge in [-0.25, -0.2) is 0 Å². The molecule has 8 aromatic rings. The molecule has 2 fully saturated rings. The van der Waals surface area contributed by atoms with Gasteiger partial charge in [-0.2, -0.15) is 0 Å². The maximum absolute atomic E-state index is 6.03. The quantitative estimate of drug-likeness (QED) is 0.112. The van der Waals surface area contributed by atoms with Crippen molar-refractivity contribution in [1.29, 1.82) is 0 Å². The fraction of sp³-hybridized carbons (Fsp3) is 0.262. The molecule has 4 heterocycles. The van der Waals surface area contributed by atoms with Gasteiger partial charge in [0.25, 0.3) is 0 Å². The molecule has 8 aromatic carbocycles. The minimum Gasteiger partial charge on any atom is -0.491 e. The van der Waals surface area contributed by atoms with Gasteiger partial charge < -0.3 is 38.2 Å². The molecule has 0 N–H and O–H groups in total. The molecular formula is C65H72N2O6. The first-order chi connectivity index (χ1) is 35.5. The Labute approximate surface area is 434 Å². The molecule has 8 nitrogen and oxygen atoms in total. The van der Waals surface area contributed by atoms with Crippen LogP contribution in [0.4, 0.5) is 11.4 Å². The van der Waals surface area contributed by atoms with Crippen LogP contribution in [0.1, 0.15) is 61.6 Å². The van der Waals surface area contributed by atoms with Gasteiger partial charge in [-0.05, 0) is 120 Å². The van der Waals surface area contributed by atoms with Crippen molar-refractivity contribution in [2.45, 2.75) is 73.3 Å². The SMILES string of the molecule is C.CC.CCc1ccc(-c2ccc(C)cc2)cc1.c1ccc(N2COc3ccc(Cc4ccc5c(c4)CN(c4ccccc4)CO5)cc3C2)cc1.c1ccc(OCC2CO2)cc1.c1ccc(OCC2CO2)cc1. The molecule has 0 spiro atoms. The van der Waals surface area contributed by atoms with Gasteiger partial charge in [0.2, 0.25) is 0 Å². The summed E-state index contributed by atoms with van der Waals surface area (Å²) in [5, 5.41) is 0. The lowest BCUT2D eigenvalue weighted by Crippen LogP contribution is -2.32. The van der Waals surface area contributed by atoms with Crippen molar-refractivity contribution in [2.75, 3.05) is 49.7 Å². The second kappa shape index (κ2) is 27.9. The topological polar surface area (TPSA) is 68.5 Å². The van der Waals surface area contributed by atoms with E-state index in [-0.39, 0.29) is 7.43 Å². The summed E-state index contributed by atoms with van der Waals surface area (Å²) in [5.74, 6) is 3.82. The Morgan fingerprint density at radius 1 is 0.466 bits per heavy atom. The highest BCUT2D eigenvalue weighted by atomic mass is 16.6. The van der Waals surface area contributed by atoms with E-state index < -0.39 is 0 Å². The third-order valence-corrected chi connectivity index (χ3v) is 12.3. The molecule has 12 rings (SSSR count). The van der Waals surface area contributed by atoms with Crippen LogP contribution < -0.4 is 28.7 Å². The molecule has 2 unspecified atom stereocenters. The number of nitrogens with zero attached hydrogens (tertiary/aromatic N) is 2. The molecule has 0 amide bonds. The summed E-state index contributed by atoms with van der Waals surface area (Å²) in [6, 6.07) is 71.1. The summed E-state index contributed by atoms with van der Waals surface area (Å²) in [5.41, 5.74) is 12.7. The summed E-state index contributed by atoms with van der Waals surface area (Å²) in [7, 11) is 0. The first-order valence-electron chi connectivity index (χ1n) is 25.4. The highest BCUT2D eigenvalue weighted by Crippen LogP contribution is 2.32. The van der Waals surface area contributed by atoms with Gasteiger partial charge in [-0.15, -0.1) is 0 Å². The minimum atomic E-state index is 0. The van der Waals surface area contributed by atoms with E-state index in [9.17, 15) is 0 Å². The van der Waals surface area contributed by atoms with Crippen LogP contribution in [0.5, 0.6) is 23.0 Å². The smallest absolute Gasteiger partial charge is 0.161 e. The van der Waals surface area contributed by atoms with Crippen LogP contribution in [0.2, 0.25) is 0 Å². The number of ether oxygens (including phenoxy) is 6. The molecule has 8 heteroatoms. The molecule has 0 saturated carbocycles. The Hall–Kier alpha value is -7.52.